The number of likely N-dealkylation sites (tertiary alicyclic amines) is 1. The molecule has 1 amide bonds. The normalized spacial score (nSPS) is 43.3. The molecule has 1 saturated carbocycles. The molecule has 0 aromatic carbocycles. The van der Waals surface area contributed by atoms with E-state index in [1.807, 2.05) is 4.90 Å². The van der Waals surface area contributed by atoms with Gasteiger partial charge in [-0.1, -0.05) is 6.92 Å². The topological polar surface area (TPSA) is 46.3 Å². The number of nitrogens with two attached hydrogens (primary N) is 1. The summed E-state index contributed by atoms with van der Waals surface area (Å²) in [7, 11) is 0. The van der Waals surface area contributed by atoms with Crippen molar-refractivity contribution in [2.75, 3.05) is 6.54 Å². The van der Waals surface area contributed by atoms with E-state index in [1.165, 1.54) is 12.8 Å². The van der Waals surface area contributed by atoms with E-state index in [-0.39, 0.29) is 11.9 Å². The van der Waals surface area contributed by atoms with Crippen LogP contribution in [0.4, 0.5) is 0 Å². The summed E-state index contributed by atoms with van der Waals surface area (Å²) in [4.78, 5) is 13.1. The summed E-state index contributed by atoms with van der Waals surface area (Å²) in [5.74, 6) is 0.855. The fourth-order valence-electron chi connectivity index (χ4n) is 1.89. The number of carbonyl (C=O) groups is 1. The number of hydrogen-bond donors (Lipinski definition) is 1. The molecule has 11 heavy (non-hydrogen) atoms. The predicted molar refractivity (Wildman–Crippen MR) is 41.9 cm³/mol. The van der Waals surface area contributed by atoms with Gasteiger partial charge in [0.05, 0.1) is 0 Å². The lowest BCUT2D eigenvalue weighted by Crippen LogP contribution is -2.66. The zero-order valence-electron chi connectivity index (χ0n) is 6.79. The molecule has 2 aliphatic rings. The molecule has 0 radical (unpaired) electrons. The highest BCUT2D eigenvalue weighted by Gasteiger charge is 2.43. The molecule has 0 spiro atoms. The van der Waals surface area contributed by atoms with Crippen molar-refractivity contribution in [1.29, 1.82) is 0 Å². The largest absolute Gasteiger partial charge is 0.336 e. The summed E-state index contributed by atoms with van der Waals surface area (Å²) < 4.78 is 0. The van der Waals surface area contributed by atoms with Crippen molar-refractivity contribution < 1.29 is 4.79 Å². The number of carbonyl (C=O) groups excluding carboxylic acids is 1. The van der Waals surface area contributed by atoms with Gasteiger partial charge in [0.1, 0.15) is 6.04 Å². The maximum Gasteiger partial charge on any atom is 0.241 e. The van der Waals surface area contributed by atoms with Gasteiger partial charge in [-0.2, -0.15) is 0 Å². The van der Waals surface area contributed by atoms with Crippen molar-refractivity contribution >= 4 is 5.91 Å². The van der Waals surface area contributed by atoms with E-state index < -0.39 is 0 Å². The van der Waals surface area contributed by atoms with Gasteiger partial charge in [-0.25, -0.2) is 0 Å². The van der Waals surface area contributed by atoms with Gasteiger partial charge < -0.3 is 10.6 Å². The molecule has 2 N–H and O–H groups in total. The highest BCUT2D eigenvalue weighted by Crippen LogP contribution is 2.34. The molecular formula is C8H14N2O. The molecule has 3 atom stereocenters. The Kier molecular flexibility index (Phi) is 1.42. The Morgan fingerprint density at radius 2 is 2.27 bits per heavy atom. The van der Waals surface area contributed by atoms with Crippen molar-refractivity contribution in [3.05, 3.63) is 0 Å². The van der Waals surface area contributed by atoms with Crippen LogP contribution < -0.4 is 5.73 Å². The summed E-state index contributed by atoms with van der Waals surface area (Å²) >= 11 is 0. The molecule has 0 bridgehead atoms. The first-order valence-corrected chi connectivity index (χ1v) is 4.26. The maximum absolute atomic E-state index is 11.1. The van der Waals surface area contributed by atoms with Crippen LogP contribution in [-0.2, 0) is 4.79 Å². The highest BCUT2D eigenvalue weighted by molar-refractivity contribution is 5.88. The molecule has 2 rings (SSSR count). The lowest BCUT2D eigenvalue weighted by molar-refractivity contribution is -0.150. The molecule has 1 aliphatic carbocycles. The van der Waals surface area contributed by atoms with Gasteiger partial charge in [0, 0.05) is 12.6 Å². The smallest absolute Gasteiger partial charge is 0.241 e. The maximum atomic E-state index is 11.1. The van der Waals surface area contributed by atoms with E-state index >= 15 is 0 Å². The van der Waals surface area contributed by atoms with E-state index in [9.17, 15) is 4.79 Å². The van der Waals surface area contributed by atoms with E-state index in [2.05, 4.69) is 6.92 Å². The van der Waals surface area contributed by atoms with Gasteiger partial charge in [-0.05, 0) is 18.8 Å². The average Bonchev–Trinajstić information content (AvgIpc) is 2.00. The van der Waals surface area contributed by atoms with Gasteiger partial charge >= 0.3 is 0 Å². The van der Waals surface area contributed by atoms with Crippen molar-refractivity contribution in [3.8, 4) is 0 Å². The molecule has 3 unspecified atom stereocenters. The standard InChI is InChI=1S/C8H14N2O/c1-5-2-3-7(5)10-4-6(9)8(10)11/h5-7H,2-4,9H2,1H3. The highest BCUT2D eigenvalue weighted by atomic mass is 16.2. The summed E-state index contributed by atoms with van der Waals surface area (Å²) in [5, 5.41) is 0. The number of β-lactam (4-membered cyclic amide) rings is 1. The second-order valence-corrected chi connectivity index (χ2v) is 3.72. The summed E-state index contributed by atoms with van der Waals surface area (Å²) in [6, 6.07) is 0.324. The number of nitrogens with zero attached hydrogens (tertiary/aromatic N) is 1. The van der Waals surface area contributed by atoms with Crippen molar-refractivity contribution in [2.24, 2.45) is 11.7 Å². The SMILES string of the molecule is CC1CCC1N1CC(N)C1=O. The fraction of sp³-hybridized carbons (Fsp3) is 0.875. The van der Waals surface area contributed by atoms with Crippen LogP contribution in [-0.4, -0.2) is 29.4 Å². The van der Waals surface area contributed by atoms with Gasteiger partial charge in [0.15, 0.2) is 0 Å². The van der Waals surface area contributed by atoms with Crippen LogP contribution in [0.15, 0.2) is 0 Å². The predicted octanol–water partition coefficient (Wildman–Crippen LogP) is -0.0456. The summed E-state index contributed by atoms with van der Waals surface area (Å²) in [6.07, 6.45) is 2.45. The zero-order valence-corrected chi connectivity index (χ0v) is 6.79. The molecule has 0 aromatic rings. The molecule has 1 heterocycles. The molecule has 3 heteroatoms. The summed E-state index contributed by atoms with van der Waals surface area (Å²) in [6.45, 7) is 2.99. The van der Waals surface area contributed by atoms with Crippen molar-refractivity contribution in [1.82, 2.24) is 4.90 Å². The first-order chi connectivity index (χ1) is 5.20. The Bertz CT molecular complexity index is 193. The average molecular weight is 154 g/mol. The Morgan fingerprint density at radius 1 is 1.55 bits per heavy atom. The Hall–Kier alpha value is -0.570. The van der Waals surface area contributed by atoms with Gasteiger partial charge in [-0.3, -0.25) is 4.79 Å². The first kappa shape index (κ1) is 7.10. The Labute approximate surface area is 66.5 Å². The third kappa shape index (κ3) is 0.872. The molecule has 62 valence electrons. The van der Waals surface area contributed by atoms with Gasteiger partial charge in [0.2, 0.25) is 5.91 Å². The minimum atomic E-state index is -0.192. The van der Waals surface area contributed by atoms with Crippen LogP contribution in [0.5, 0.6) is 0 Å². The first-order valence-electron chi connectivity index (χ1n) is 4.26. The summed E-state index contributed by atoms with van der Waals surface area (Å²) in [5.41, 5.74) is 5.48. The van der Waals surface area contributed by atoms with E-state index in [4.69, 9.17) is 5.73 Å². The van der Waals surface area contributed by atoms with E-state index in [0.717, 1.165) is 6.54 Å². The minimum absolute atomic E-state index is 0.154. The number of hydrogen-bond acceptors (Lipinski definition) is 2. The molecular weight excluding hydrogens is 140 g/mol. The lowest BCUT2D eigenvalue weighted by atomic mass is 9.78. The molecule has 1 saturated heterocycles. The monoisotopic (exact) mass is 154 g/mol. The zero-order chi connectivity index (χ0) is 8.01. The van der Waals surface area contributed by atoms with Crippen LogP contribution in [0.1, 0.15) is 19.8 Å². The van der Waals surface area contributed by atoms with Crippen molar-refractivity contribution in [3.63, 3.8) is 0 Å². The quantitative estimate of drug-likeness (QED) is 0.538. The minimum Gasteiger partial charge on any atom is -0.336 e. The molecule has 3 nitrogen and oxygen atoms in total. The molecule has 1 aliphatic heterocycles. The Morgan fingerprint density at radius 3 is 2.55 bits per heavy atom. The van der Waals surface area contributed by atoms with Gasteiger partial charge in [-0.15, -0.1) is 0 Å². The molecule has 2 fully saturated rings. The van der Waals surface area contributed by atoms with Crippen LogP contribution in [0.25, 0.3) is 0 Å². The second-order valence-electron chi connectivity index (χ2n) is 3.72. The van der Waals surface area contributed by atoms with E-state index in [0.29, 0.717) is 12.0 Å². The third-order valence-electron chi connectivity index (χ3n) is 2.97. The number of rotatable bonds is 1. The van der Waals surface area contributed by atoms with Crippen LogP contribution in [0, 0.1) is 5.92 Å². The van der Waals surface area contributed by atoms with E-state index in [1.54, 1.807) is 0 Å². The van der Waals surface area contributed by atoms with Gasteiger partial charge in [0.25, 0.3) is 0 Å². The lowest BCUT2D eigenvalue weighted by Gasteiger charge is -2.49. The Balaban J connectivity index is 1.93. The fourth-order valence-corrected chi connectivity index (χ4v) is 1.89. The molecule has 0 aromatic heterocycles. The number of amides is 1. The van der Waals surface area contributed by atoms with Crippen molar-refractivity contribution in [2.45, 2.75) is 31.8 Å². The van der Waals surface area contributed by atoms with Crippen LogP contribution in [0.2, 0.25) is 0 Å². The third-order valence-corrected chi connectivity index (χ3v) is 2.97. The van der Waals surface area contributed by atoms with Crippen LogP contribution in [0.3, 0.4) is 0 Å². The van der Waals surface area contributed by atoms with Crippen LogP contribution >= 0.6 is 0 Å². The second kappa shape index (κ2) is 2.21.